The molecule has 1 amide bonds. The zero-order chi connectivity index (χ0) is 19.1. The van der Waals surface area contributed by atoms with Crippen molar-refractivity contribution in [3.05, 3.63) is 60.9 Å². The van der Waals surface area contributed by atoms with Gasteiger partial charge in [-0.05, 0) is 24.3 Å². The quantitative estimate of drug-likeness (QED) is 0.548. The van der Waals surface area contributed by atoms with Crippen LogP contribution in [0, 0.1) is 0 Å². The summed E-state index contributed by atoms with van der Waals surface area (Å²) in [6.45, 7) is 1.77. The fourth-order valence-corrected chi connectivity index (χ4v) is 3.09. The fraction of sp³-hybridized carbons (Fsp3) is 0.158. The molecule has 0 aromatic carbocycles. The Hall–Kier alpha value is -3.72. The van der Waals surface area contributed by atoms with Crippen LogP contribution in [0.15, 0.2) is 59.5 Å². The van der Waals surface area contributed by atoms with E-state index >= 15 is 0 Å². The van der Waals surface area contributed by atoms with Crippen LogP contribution in [0.1, 0.15) is 16.6 Å². The van der Waals surface area contributed by atoms with Crippen LogP contribution in [0.5, 0.6) is 0 Å². The molecule has 3 N–H and O–H groups in total. The third kappa shape index (κ3) is 2.78. The molecule has 1 aliphatic heterocycles. The molecule has 4 aromatic heterocycles. The van der Waals surface area contributed by atoms with Gasteiger partial charge in [0.05, 0.1) is 29.7 Å². The monoisotopic (exact) mass is 375 g/mol. The Bertz CT molecular complexity index is 1140. The van der Waals surface area contributed by atoms with Crippen LogP contribution in [0.4, 0.5) is 0 Å². The minimum Gasteiger partial charge on any atom is -0.451 e. The minimum absolute atomic E-state index is 0.113. The van der Waals surface area contributed by atoms with Crippen molar-refractivity contribution in [1.29, 1.82) is 0 Å². The van der Waals surface area contributed by atoms with Crippen LogP contribution in [0.2, 0.25) is 0 Å². The second-order valence-electron chi connectivity index (χ2n) is 6.57. The molecule has 0 bridgehead atoms. The Labute approximate surface area is 159 Å². The van der Waals surface area contributed by atoms with Gasteiger partial charge in [0.1, 0.15) is 17.1 Å². The molecule has 1 aliphatic rings. The molecule has 0 unspecified atom stereocenters. The van der Waals surface area contributed by atoms with Crippen LogP contribution in [-0.2, 0) is 0 Å². The summed E-state index contributed by atoms with van der Waals surface area (Å²) in [5.74, 6) is 0.0312. The summed E-state index contributed by atoms with van der Waals surface area (Å²) in [4.78, 5) is 15.7. The van der Waals surface area contributed by atoms with Gasteiger partial charge in [-0.15, -0.1) is 0 Å². The summed E-state index contributed by atoms with van der Waals surface area (Å²) in [6, 6.07) is 9.29. The number of hydrogen-bond acceptors (Lipinski definition) is 6. The van der Waals surface area contributed by atoms with E-state index in [0.717, 1.165) is 35.7 Å². The molecule has 5 rings (SSSR count). The summed E-state index contributed by atoms with van der Waals surface area (Å²) in [6.07, 6.45) is 7.22. The first-order valence-electron chi connectivity index (χ1n) is 8.85. The summed E-state index contributed by atoms with van der Waals surface area (Å²) in [7, 11) is 0. The molecular weight excluding hydrogens is 358 g/mol. The van der Waals surface area contributed by atoms with Crippen molar-refractivity contribution in [2.45, 2.75) is 6.04 Å². The maximum Gasteiger partial charge on any atom is 0.284 e. The molecule has 0 atom stereocenters. The Kier molecular flexibility index (Phi) is 3.80. The van der Waals surface area contributed by atoms with Gasteiger partial charge in [-0.2, -0.15) is 10.2 Å². The number of nitrogens with zero attached hydrogens (tertiary/aromatic N) is 5. The van der Waals surface area contributed by atoms with Crippen molar-refractivity contribution < 1.29 is 9.21 Å². The number of aromatic nitrogens is 5. The normalized spacial score (nSPS) is 14.1. The van der Waals surface area contributed by atoms with Crippen LogP contribution >= 0.6 is 0 Å². The highest BCUT2D eigenvalue weighted by molar-refractivity contribution is 5.90. The molecule has 9 heteroatoms. The van der Waals surface area contributed by atoms with Gasteiger partial charge in [0.2, 0.25) is 0 Å². The molecule has 0 radical (unpaired) electrons. The summed E-state index contributed by atoms with van der Waals surface area (Å²) in [5, 5.41) is 12.5. The highest BCUT2D eigenvalue weighted by Crippen LogP contribution is 2.28. The molecule has 4 aromatic rings. The molecule has 28 heavy (non-hydrogen) atoms. The Balaban J connectivity index is 1.56. The number of nitrogens with one attached hydrogen (secondary N) is 1. The number of furan rings is 1. The van der Waals surface area contributed by atoms with Gasteiger partial charge >= 0.3 is 0 Å². The van der Waals surface area contributed by atoms with E-state index < -0.39 is 5.91 Å². The highest BCUT2D eigenvalue weighted by atomic mass is 16.3. The summed E-state index contributed by atoms with van der Waals surface area (Å²) < 4.78 is 9.19. The topological polar surface area (TPSA) is 117 Å². The van der Waals surface area contributed by atoms with Gasteiger partial charge in [0.25, 0.3) is 5.91 Å². The fourth-order valence-electron chi connectivity index (χ4n) is 3.09. The first-order chi connectivity index (χ1) is 13.7. The lowest BCUT2D eigenvalue weighted by Gasteiger charge is -2.27. The number of amides is 1. The number of carbonyl (C=O) groups is 1. The van der Waals surface area contributed by atoms with E-state index in [0.29, 0.717) is 11.8 Å². The van der Waals surface area contributed by atoms with Gasteiger partial charge in [0, 0.05) is 25.5 Å². The Morgan fingerprint density at radius 2 is 2.11 bits per heavy atom. The van der Waals surface area contributed by atoms with E-state index in [1.54, 1.807) is 29.2 Å². The van der Waals surface area contributed by atoms with Crippen molar-refractivity contribution in [2.24, 2.45) is 5.73 Å². The number of rotatable bonds is 5. The first-order valence-corrected chi connectivity index (χ1v) is 8.85. The first kappa shape index (κ1) is 16.5. The smallest absolute Gasteiger partial charge is 0.284 e. The lowest BCUT2D eigenvalue weighted by Crippen LogP contribution is -2.43. The van der Waals surface area contributed by atoms with Crippen LogP contribution in [0.3, 0.4) is 0 Å². The predicted molar refractivity (Wildman–Crippen MR) is 101 cm³/mol. The van der Waals surface area contributed by atoms with E-state index in [9.17, 15) is 4.79 Å². The zero-order valence-corrected chi connectivity index (χ0v) is 14.8. The lowest BCUT2D eigenvalue weighted by molar-refractivity contribution is 0.0974. The second kappa shape index (κ2) is 6.46. The third-order valence-corrected chi connectivity index (χ3v) is 4.72. The molecule has 0 aliphatic carbocycles. The zero-order valence-electron chi connectivity index (χ0n) is 14.8. The van der Waals surface area contributed by atoms with Crippen molar-refractivity contribution in [2.75, 3.05) is 13.1 Å². The van der Waals surface area contributed by atoms with Crippen LogP contribution in [-0.4, -0.2) is 43.5 Å². The Morgan fingerprint density at radius 3 is 2.79 bits per heavy atom. The Morgan fingerprint density at radius 1 is 1.21 bits per heavy atom. The minimum atomic E-state index is -0.605. The number of carbonyl (C=O) groups excluding carboxylic acids is 1. The van der Waals surface area contributed by atoms with Gasteiger partial charge in [-0.3, -0.25) is 14.5 Å². The molecule has 0 spiro atoms. The summed E-state index contributed by atoms with van der Waals surface area (Å²) >= 11 is 0. The predicted octanol–water partition coefficient (Wildman–Crippen LogP) is 1.63. The van der Waals surface area contributed by atoms with Gasteiger partial charge in [0.15, 0.2) is 5.76 Å². The van der Waals surface area contributed by atoms with E-state index in [4.69, 9.17) is 15.2 Å². The molecule has 1 fully saturated rings. The maximum absolute atomic E-state index is 11.3. The van der Waals surface area contributed by atoms with Crippen molar-refractivity contribution >= 4 is 5.91 Å². The maximum atomic E-state index is 11.3. The molecule has 5 heterocycles. The largest absolute Gasteiger partial charge is 0.451 e. The molecule has 0 saturated carbocycles. The van der Waals surface area contributed by atoms with Gasteiger partial charge < -0.3 is 15.5 Å². The highest BCUT2D eigenvalue weighted by Gasteiger charge is 2.24. The SMILES string of the molecule is NC(=O)c1ccc(-c2cnn(-c3cn(C4CNC4)nc3-c3ccccn3)c2)o1. The van der Waals surface area contributed by atoms with Crippen LogP contribution in [0.25, 0.3) is 28.4 Å². The summed E-state index contributed by atoms with van der Waals surface area (Å²) in [5.41, 5.74) is 8.33. The van der Waals surface area contributed by atoms with E-state index in [1.807, 2.05) is 35.3 Å². The standard InChI is InChI=1S/C19H17N7O2/c20-19(27)17-5-4-16(28-17)12-7-23-26(10-12)15-11-25(13-8-21-9-13)24-18(15)14-3-1-2-6-22-14/h1-7,10-11,13,21H,8-9H2,(H2,20,27). The number of pyridine rings is 1. The van der Waals surface area contributed by atoms with Crippen molar-refractivity contribution in [3.63, 3.8) is 0 Å². The molecule has 140 valence electrons. The van der Waals surface area contributed by atoms with Gasteiger partial charge in [-0.25, -0.2) is 4.68 Å². The van der Waals surface area contributed by atoms with Crippen molar-refractivity contribution in [1.82, 2.24) is 29.9 Å². The van der Waals surface area contributed by atoms with E-state index in [2.05, 4.69) is 15.4 Å². The average molecular weight is 375 g/mol. The number of hydrogen-bond donors (Lipinski definition) is 2. The molecule has 1 saturated heterocycles. The van der Waals surface area contributed by atoms with E-state index in [1.165, 1.54) is 0 Å². The van der Waals surface area contributed by atoms with Gasteiger partial charge in [-0.1, -0.05) is 6.07 Å². The third-order valence-electron chi connectivity index (χ3n) is 4.72. The molecule has 9 nitrogen and oxygen atoms in total. The number of nitrogens with two attached hydrogens (primary N) is 1. The lowest BCUT2D eigenvalue weighted by atomic mass is 10.2. The number of primary amides is 1. The van der Waals surface area contributed by atoms with Crippen molar-refractivity contribution in [3.8, 4) is 28.4 Å². The van der Waals surface area contributed by atoms with E-state index in [-0.39, 0.29) is 5.76 Å². The average Bonchev–Trinajstić information content (AvgIpc) is 3.39. The molecular formula is C19H17N7O2. The van der Waals surface area contributed by atoms with Crippen LogP contribution < -0.4 is 11.1 Å². The second-order valence-corrected chi connectivity index (χ2v) is 6.57.